The van der Waals surface area contributed by atoms with Gasteiger partial charge in [0.05, 0.1) is 6.54 Å². The molecule has 3 heteroatoms. The summed E-state index contributed by atoms with van der Waals surface area (Å²) in [5, 5.41) is 6.09. The van der Waals surface area contributed by atoms with Crippen molar-refractivity contribution in [2.24, 2.45) is 5.92 Å². The van der Waals surface area contributed by atoms with Crippen molar-refractivity contribution in [2.75, 3.05) is 18.4 Å². The largest absolute Gasteiger partial charge is 0.376 e. The van der Waals surface area contributed by atoms with E-state index in [1.165, 1.54) is 18.4 Å². The van der Waals surface area contributed by atoms with Gasteiger partial charge in [0.1, 0.15) is 0 Å². The Balaban J connectivity index is 1.73. The monoisotopic (exact) mass is 246 g/mol. The van der Waals surface area contributed by atoms with Gasteiger partial charge in [0.2, 0.25) is 5.91 Å². The van der Waals surface area contributed by atoms with Gasteiger partial charge in [0, 0.05) is 12.2 Å². The molecule has 0 aromatic heterocycles. The van der Waals surface area contributed by atoms with Gasteiger partial charge in [-0.2, -0.15) is 0 Å². The topological polar surface area (TPSA) is 41.1 Å². The Morgan fingerprint density at radius 1 is 1.28 bits per heavy atom. The van der Waals surface area contributed by atoms with Crippen LogP contribution in [0.2, 0.25) is 0 Å². The van der Waals surface area contributed by atoms with Crippen molar-refractivity contribution >= 4 is 11.6 Å². The number of carbonyl (C=O) groups excluding carboxylic acids is 1. The molecule has 1 aliphatic carbocycles. The summed E-state index contributed by atoms with van der Waals surface area (Å²) in [4.78, 5) is 11.6. The summed E-state index contributed by atoms with van der Waals surface area (Å²) in [6.45, 7) is 5.54. The van der Waals surface area contributed by atoms with E-state index >= 15 is 0 Å². The third kappa shape index (κ3) is 4.06. The van der Waals surface area contributed by atoms with Crippen LogP contribution in [-0.4, -0.2) is 19.0 Å². The minimum atomic E-state index is 0.0786. The summed E-state index contributed by atoms with van der Waals surface area (Å²) < 4.78 is 0. The first-order valence-electron chi connectivity index (χ1n) is 6.75. The number of benzene rings is 1. The van der Waals surface area contributed by atoms with Gasteiger partial charge in [0.25, 0.3) is 0 Å². The zero-order valence-corrected chi connectivity index (χ0v) is 11.2. The number of carbonyl (C=O) groups is 1. The van der Waals surface area contributed by atoms with E-state index < -0.39 is 0 Å². The lowest BCUT2D eigenvalue weighted by atomic mass is 10.0. The minimum Gasteiger partial charge on any atom is -0.376 e. The predicted molar refractivity (Wildman–Crippen MR) is 74.8 cm³/mol. The lowest BCUT2D eigenvalue weighted by Gasteiger charge is -2.09. The summed E-state index contributed by atoms with van der Waals surface area (Å²) in [5.74, 6) is 1.36. The van der Waals surface area contributed by atoms with E-state index in [0.717, 1.165) is 18.2 Å². The molecular formula is C15H22N2O. The summed E-state index contributed by atoms with van der Waals surface area (Å²) in [6.07, 6.45) is 2.54. The lowest BCUT2D eigenvalue weighted by Crippen LogP contribution is -2.31. The fraction of sp³-hybridized carbons (Fsp3) is 0.533. The Morgan fingerprint density at radius 2 is 1.94 bits per heavy atom. The third-order valence-corrected chi connectivity index (χ3v) is 3.32. The first-order chi connectivity index (χ1) is 8.65. The summed E-state index contributed by atoms with van der Waals surface area (Å²) >= 11 is 0. The van der Waals surface area contributed by atoms with Crippen LogP contribution in [0.1, 0.15) is 38.2 Å². The molecule has 0 bridgehead atoms. The molecule has 0 saturated heterocycles. The molecule has 2 N–H and O–H groups in total. The lowest BCUT2D eigenvalue weighted by molar-refractivity contribution is -0.119. The smallest absolute Gasteiger partial charge is 0.239 e. The zero-order valence-electron chi connectivity index (χ0n) is 11.2. The molecule has 98 valence electrons. The van der Waals surface area contributed by atoms with Gasteiger partial charge < -0.3 is 10.6 Å². The van der Waals surface area contributed by atoms with Crippen LogP contribution >= 0.6 is 0 Å². The molecular weight excluding hydrogens is 224 g/mol. The third-order valence-electron chi connectivity index (χ3n) is 3.32. The zero-order chi connectivity index (χ0) is 13.0. The van der Waals surface area contributed by atoms with E-state index in [2.05, 4.69) is 36.6 Å². The number of anilines is 1. The van der Waals surface area contributed by atoms with Crippen molar-refractivity contribution < 1.29 is 4.79 Å². The first kappa shape index (κ1) is 12.9. The molecule has 1 amide bonds. The number of nitrogens with one attached hydrogen (secondary N) is 2. The Morgan fingerprint density at radius 3 is 2.50 bits per heavy atom. The Hall–Kier alpha value is -1.51. The molecule has 0 aliphatic heterocycles. The Labute approximate surface area is 109 Å². The van der Waals surface area contributed by atoms with E-state index in [9.17, 15) is 4.79 Å². The fourth-order valence-electron chi connectivity index (χ4n) is 1.81. The van der Waals surface area contributed by atoms with Gasteiger partial charge in [-0.25, -0.2) is 0 Å². The maximum absolute atomic E-state index is 11.6. The van der Waals surface area contributed by atoms with Gasteiger partial charge in [-0.1, -0.05) is 26.0 Å². The summed E-state index contributed by atoms with van der Waals surface area (Å²) in [5.41, 5.74) is 2.32. The highest BCUT2D eigenvalue weighted by Gasteiger charge is 2.21. The predicted octanol–water partition coefficient (Wildman–Crippen LogP) is 2.75. The number of hydrogen-bond donors (Lipinski definition) is 2. The molecule has 1 aliphatic rings. The number of rotatable bonds is 6. The quantitative estimate of drug-likeness (QED) is 0.810. The number of hydrogen-bond acceptors (Lipinski definition) is 2. The van der Waals surface area contributed by atoms with Crippen molar-refractivity contribution in [1.29, 1.82) is 0 Å². The standard InChI is InChI=1S/C15H22N2O/c1-11(2)13-5-7-14(8-6-13)16-10-15(18)17-9-12-3-4-12/h5-8,11-12,16H,3-4,9-10H2,1-2H3,(H,17,18). The van der Waals surface area contributed by atoms with Gasteiger partial charge >= 0.3 is 0 Å². The average molecular weight is 246 g/mol. The molecule has 0 heterocycles. The van der Waals surface area contributed by atoms with E-state index in [0.29, 0.717) is 12.5 Å². The van der Waals surface area contributed by atoms with E-state index in [1.54, 1.807) is 0 Å². The van der Waals surface area contributed by atoms with Crippen LogP contribution in [0.25, 0.3) is 0 Å². The Kier molecular flexibility index (Phi) is 4.24. The van der Waals surface area contributed by atoms with Crippen LogP contribution in [0, 0.1) is 5.92 Å². The van der Waals surface area contributed by atoms with Gasteiger partial charge in [-0.05, 0) is 42.4 Å². The maximum atomic E-state index is 11.6. The first-order valence-corrected chi connectivity index (χ1v) is 6.75. The van der Waals surface area contributed by atoms with Crippen LogP contribution in [0.5, 0.6) is 0 Å². The highest BCUT2D eigenvalue weighted by atomic mass is 16.1. The second-order valence-corrected chi connectivity index (χ2v) is 5.38. The molecule has 1 aromatic carbocycles. The molecule has 1 saturated carbocycles. The molecule has 0 radical (unpaired) electrons. The van der Waals surface area contributed by atoms with Crippen molar-refractivity contribution in [2.45, 2.75) is 32.6 Å². The van der Waals surface area contributed by atoms with Crippen LogP contribution in [0.4, 0.5) is 5.69 Å². The molecule has 0 unspecified atom stereocenters. The highest BCUT2D eigenvalue weighted by Crippen LogP contribution is 2.27. The van der Waals surface area contributed by atoms with E-state index in [4.69, 9.17) is 0 Å². The summed E-state index contributed by atoms with van der Waals surface area (Å²) in [6, 6.07) is 8.28. The SMILES string of the molecule is CC(C)c1ccc(NCC(=O)NCC2CC2)cc1. The van der Waals surface area contributed by atoms with Crippen molar-refractivity contribution in [3.8, 4) is 0 Å². The molecule has 1 aromatic rings. The summed E-state index contributed by atoms with van der Waals surface area (Å²) in [7, 11) is 0. The number of amides is 1. The van der Waals surface area contributed by atoms with Crippen LogP contribution in [0.3, 0.4) is 0 Å². The van der Waals surface area contributed by atoms with E-state index in [1.807, 2.05) is 12.1 Å². The molecule has 0 spiro atoms. The molecule has 1 fully saturated rings. The van der Waals surface area contributed by atoms with Gasteiger partial charge in [0.15, 0.2) is 0 Å². The van der Waals surface area contributed by atoms with Gasteiger partial charge in [-0.15, -0.1) is 0 Å². The van der Waals surface area contributed by atoms with E-state index in [-0.39, 0.29) is 5.91 Å². The van der Waals surface area contributed by atoms with Crippen LogP contribution in [0.15, 0.2) is 24.3 Å². The second-order valence-electron chi connectivity index (χ2n) is 5.38. The van der Waals surface area contributed by atoms with Crippen molar-refractivity contribution in [1.82, 2.24) is 5.32 Å². The minimum absolute atomic E-state index is 0.0786. The van der Waals surface area contributed by atoms with Gasteiger partial charge in [-0.3, -0.25) is 4.79 Å². The van der Waals surface area contributed by atoms with Crippen LogP contribution < -0.4 is 10.6 Å². The fourth-order valence-corrected chi connectivity index (χ4v) is 1.81. The molecule has 3 nitrogen and oxygen atoms in total. The van der Waals surface area contributed by atoms with Crippen molar-refractivity contribution in [3.63, 3.8) is 0 Å². The molecule has 2 rings (SSSR count). The van der Waals surface area contributed by atoms with Crippen molar-refractivity contribution in [3.05, 3.63) is 29.8 Å². The average Bonchev–Trinajstić information content (AvgIpc) is 3.18. The molecule has 0 atom stereocenters. The Bertz CT molecular complexity index is 393. The molecule has 18 heavy (non-hydrogen) atoms. The highest BCUT2D eigenvalue weighted by molar-refractivity contribution is 5.80. The van der Waals surface area contributed by atoms with Crippen LogP contribution in [-0.2, 0) is 4.79 Å². The normalized spacial score (nSPS) is 14.6. The second kappa shape index (κ2) is 5.89. The maximum Gasteiger partial charge on any atom is 0.239 e.